The van der Waals surface area contributed by atoms with E-state index in [1.54, 1.807) is 0 Å². The molecule has 3 nitrogen and oxygen atoms in total. The summed E-state index contributed by atoms with van der Waals surface area (Å²) in [5.74, 6) is 0. The van der Waals surface area contributed by atoms with Gasteiger partial charge in [0.15, 0.2) is 0 Å². The van der Waals surface area contributed by atoms with Crippen LogP contribution >= 0.6 is 5.69 Å². The second kappa shape index (κ2) is 5.54. The molecule has 0 aliphatic carbocycles. The van der Waals surface area contributed by atoms with E-state index in [2.05, 4.69) is 24.1 Å². The van der Waals surface area contributed by atoms with E-state index in [0.29, 0.717) is 19.8 Å². The monoisotopic (exact) mass is 241 g/mol. The molecule has 0 aromatic rings. The molecule has 0 saturated heterocycles. The van der Waals surface area contributed by atoms with Crippen LogP contribution in [0.2, 0.25) is 0 Å². The molecular formula is MoO3PS2. The van der Waals surface area contributed by atoms with Gasteiger partial charge < -0.3 is 27.7 Å². The van der Waals surface area contributed by atoms with Crippen LogP contribution in [0.1, 0.15) is 0 Å². The molecule has 0 radical (unpaired) electrons. The Morgan fingerprint density at radius 3 is 1.57 bits per heavy atom. The Hall–Kier alpha value is 1.41. The fraction of sp³-hybridized carbons (Fsp3) is 0. The van der Waals surface area contributed by atoms with Crippen LogP contribution in [-0.4, -0.2) is 0 Å². The van der Waals surface area contributed by atoms with Crippen LogP contribution in [0, 0.1) is 0 Å². The molecule has 0 aliphatic rings. The van der Waals surface area contributed by atoms with E-state index >= 15 is 0 Å². The minimum atomic E-state index is -3.72. The molecule has 7 heteroatoms. The quantitative estimate of drug-likeness (QED) is 0.288. The maximum atomic E-state index is 9.29. The summed E-state index contributed by atoms with van der Waals surface area (Å²) in [5.41, 5.74) is -3.72. The first kappa shape index (κ1) is 11.2. The van der Waals surface area contributed by atoms with Crippen LogP contribution < -0.4 is 9.79 Å². The third-order valence-electron chi connectivity index (χ3n) is 0. The SMILES string of the molecule is [O-]P([O-])(=S)[S-].[O]=[Mo+3]. The molecule has 0 atom stereocenters. The Bertz CT molecular complexity index is 68.7. The molecule has 0 N–H and O–H groups in total. The Labute approximate surface area is 62.7 Å². The third kappa shape index (κ3) is 109. The molecule has 0 fully saturated rings. The van der Waals surface area contributed by atoms with Crippen molar-refractivity contribution in [3.05, 3.63) is 0 Å². The summed E-state index contributed by atoms with van der Waals surface area (Å²) in [5, 5.41) is 0. The van der Waals surface area contributed by atoms with Crippen LogP contribution in [0.4, 0.5) is 0 Å². The van der Waals surface area contributed by atoms with Crippen molar-refractivity contribution in [3.8, 4) is 0 Å². The summed E-state index contributed by atoms with van der Waals surface area (Å²) in [6.07, 6.45) is 0. The molecule has 0 aromatic heterocycles. The second-order valence-electron chi connectivity index (χ2n) is 0.447. The first-order valence-electron chi connectivity index (χ1n) is 0.897. The van der Waals surface area contributed by atoms with Gasteiger partial charge in [0.25, 0.3) is 0 Å². The van der Waals surface area contributed by atoms with E-state index in [1.807, 2.05) is 0 Å². The minimum absolute atomic E-state index is 0.700. The maximum absolute atomic E-state index is 9.29. The molecule has 0 heterocycles. The Balaban J connectivity index is 0. The molecule has 0 aliphatic heterocycles. The standard InChI is InChI=1S/Mo.H3O2PS2.O/c;1-3(2,4)5;/h;(H3,1,2,4,5);/q+3;;/p-3. The zero-order valence-corrected chi connectivity index (χ0v) is 7.43. The van der Waals surface area contributed by atoms with Gasteiger partial charge in [0.2, 0.25) is 0 Å². The third-order valence-corrected chi connectivity index (χ3v) is 0. The average molecular weight is 239 g/mol. The van der Waals surface area contributed by atoms with Crippen molar-refractivity contribution < 1.29 is 33.0 Å². The van der Waals surface area contributed by atoms with Crippen LogP contribution in [0.5, 0.6) is 0 Å². The van der Waals surface area contributed by atoms with Gasteiger partial charge in [-0.2, -0.15) is 11.8 Å². The summed E-state index contributed by atoms with van der Waals surface area (Å²) in [4.78, 5) is 18.6. The number of rotatable bonds is 0. The van der Waals surface area contributed by atoms with Crippen LogP contribution in [0.15, 0.2) is 0 Å². The van der Waals surface area contributed by atoms with Gasteiger partial charge in [-0.3, -0.25) is 0 Å². The van der Waals surface area contributed by atoms with Gasteiger partial charge in [-0.15, -0.1) is 0 Å². The normalized spacial score (nSPS) is 9.29. The Morgan fingerprint density at radius 2 is 1.57 bits per heavy atom. The Kier molecular flexibility index (Phi) is 8.90. The van der Waals surface area contributed by atoms with Gasteiger partial charge in [-0.25, -0.2) is 0 Å². The van der Waals surface area contributed by atoms with E-state index in [1.165, 1.54) is 0 Å². The van der Waals surface area contributed by atoms with Gasteiger partial charge in [0.05, 0.1) is 0 Å². The van der Waals surface area contributed by atoms with Crippen molar-refractivity contribution >= 4 is 29.7 Å². The molecule has 0 aromatic carbocycles. The van der Waals surface area contributed by atoms with E-state index in [9.17, 15) is 9.79 Å². The van der Waals surface area contributed by atoms with Gasteiger partial charge in [0, 0.05) is 0 Å². The summed E-state index contributed by atoms with van der Waals surface area (Å²) in [6, 6.07) is 0. The zero-order valence-electron chi connectivity index (χ0n) is 2.90. The molecular weight excluding hydrogens is 239 g/mol. The summed E-state index contributed by atoms with van der Waals surface area (Å²) >= 11 is 7.98. The molecule has 0 unspecified atom stereocenters. The van der Waals surface area contributed by atoms with Crippen molar-refractivity contribution in [1.82, 2.24) is 0 Å². The van der Waals surface area contributed by atoms with Gasteiger partial charge in [0.1, 0.15) is 0 Å². The fourth-order valence-corrected chi connectivity index (χ4v) is 0. The first-order valence-corrected chi connectivity index (χ1v) is 5.37. The Morgan fingerprint density at radius 1 is 1.57 bits per heavy atom. The molecule has 0 rings (SSSR count). The fourth-order valence-electron chi connectivity index (χ4n) is 0. The molecule has 0 amide bonds. The van der Waals surface area contributed by atoms with Gasteiger partial charge in [-0.05, 0) is 0 Å². The molecule has 0 spiro atoms. The van der Waals surface area contributed by atoms with Crippen molar-refractivity contribution in [3.63, 3.8) is 0 Å². The summed E-state index contributed by atoms with van der Waals surface area (Å²) in [6.45, 7) is 0. The van der Waals surface area contributed by atoms with Crippen molar-refractivity contribution in [2.75, 3.05) is 0 Å². The zero-order chi connectivity index (χ0) is 6.50. The number of hydrogen-bond acceptors (Lipinski definition) is 5. The molecule has 7 heavy (non-hydrogen) atoms. The summed E-state index contributed by atoms with van der Waals surface area (Å²) < 4.78 is 8.26. The van der Waals surface area contributed by atoms with Gasteiger partial charge in [-0.1, -0.05) is 0 Å². The van der Waals surface area contributed by atoms with Crippen LogP contribution in [0.3, 0.4) is 0 Å². The van der Waals surface area contributed by atoms with Crippen LogP contribution in [-0.2, 0) is 47.2 Å². The predicted octanol–water partition coefficient (Wildman–Crippen LogP) is -1.64. The van der Waals surface area contributed by atoms with E-state index in [4.69, 9.17) is 3.40 Å². The summed E-state index contributed by atoms with van der Waals surface area (Å²) in [7, 11) is 0. The van der Waals surface area contributed by atoms with E-state index in [-0.39, 0.29) is 0 Å². The molecule has 0 saturated carbocycles. The van der Waals surface area contributed by atoms with Crippen molar-refractivity contribution in [2.45, 2.75) is 0 Å². The molecule has 41 valence electrons. The van der Waals surface area contributed by atoms with Crippen molar-refractivity contribution in [1.29, 1.82) is 0 Å². The van der Waals surface area contributed by atoms with E-state index in [0.717, 1.165) is 0 Å². The van der Waals surface area contributed by atoms with Gasteiger partial charge >= 0.3 is 23.2 Å². The topological polar surface area (TPSA) is 63.2 Å². The van der Waals surface area contributed by atoms with Crippen LogP contribution in [0.25, 0.3) is 0 Å². The second-order valence-corrected chi connectivity index (χ2v) is 4.92. The van der Waals surface area contributed by atoms with Crippen molar-refractivity contribution in [2.24, 2.45) is 0 Å². The average Bonchev–Trinajstić information content (AvgIpc) is 1.36. The number of hydrogen-bond donors (Lipinski definition) is 0. The molecule has 0 bridgehead atoms. The first-order chi connectivity index (χ1) is 3.00. The van der Waals surface area contributed by atoms with E-state index < -0.39 is 5.69 Å². The predicted molar refractivity (Wildman–Crippen MR) is 22.3 cm³/mol.